The summed E-state index contributed by atoms with van der Waals surface area (Å²) in [5.74, 6) is -6.02. The number of nitrogens with one attached hydrogen (secondary N) is 1. The van der Waals surface area contributed by atoms with Crippen molar-refractivity contribution in [1.82, 2.24) is 14.7 Å². The summed E-state index contributed by atoms with van der Waals surface area (Å²) in [6, 6.07) is 5.24. The molecule has 0 bridgehead atoms. The van der Waals surface area contributed by atoms with Gasteiger partial charge in [0.05, 0.1) is 37.7 Å². The van der Waals surface area contributed by atoms with Crippen LogP contribution in [0.15, 0.2) is 24.3 Å². The predicted octanol–water partition coefficient (Wildman–Crippen LogP) is 1.63. The highest BCUT2D eigenvalue weighted by Crippen LogP contribution is 2.28. The molecule has 3 atom stereocenters. The average molecular weight is 639 g/mol. The second kappa shape index (κ2) is 17.6. The molecule has 44 heavy (non-hydrogen) atoms. The number of benzene rings is 1. The van der Waals surface area contributed by atoms with E-state index in [9.17, 15) is 49.5 Å². The van der Waals surface area contributed by atoms with Crippen molar-refractivity contribution in [2.75, 3.05) is 44.6 Å². The molecule has 1 aliphatic carbocycles. The lowest BCUT2D eigenvalue weighted by Crippen LogP contribution is -2.59. The second-order valence-electron chi connectivity index (χ2n) is 11.3. The lowest BCUT2D eigenvalue weighted by molar-refractivity contribution is -0.146. The predicted molar refractivity (Wildman–Crippen MR) is 164 cm³/mol. The lowest BCUT2D eigenvalue weighted by atomic mass is 9.87. The maximum atomic E-state index is 12.1. The molecule has 0 radical (unpaired) electrons. The Kier molecular flexibility index (Phi) is 14.6. The van der Waals surface area contributed by atoms with E-state index in [-0.39, 0.29) is 18.9 Å². The summed E-state index contributed by atoms with van der Waals surface area (Å²) in [7, 11) is 0. The third-order valence-corrected chi connectivity index (χ3v) is 8.08. The van der Waals surface area contributed by atoms with Crippen molar-refractivity contribution in [2.24, 2.45) is 5.92 Å². The number of nitrogens with zero attached hydrogens (tertiary/aromatic N) is 3. The number of anilines is 1. The molecule has 0 saturated heterocycles. The smallest absolute Gasteiger partial charge is 0.317 e. The molecule has 1 aliphatic rings. The van der Waals surface area contributed by atoms with E-state index >= 15 is 0 Å². The Bertz CT molecular complexity index is 1150. The van der Waals surface area contributed by atoms with Crippen LogP contribution in [0.4, 0.5) is 5.69 Å². The zero-order chi connectivity index (χ0) is 33.0. The molecule has 14 nitrogen and oxygen atoms in total. The SMILES string of the molecule is CC(C)C(=S)Nc1ccc(C[C@H](CN(CC(=O)O)C2CCCC[C@@H]2N(CC(=O)O)CC(=O)O)N(CC(=O)O)CC(=O)O)cc1. The fourth-order valence-corrected chi connectivity index (χ4v) is 5.71. The highest BCUT2D eigenvalue weighted by atomic mass is 32.1. The first-order valence-electron chi connectivity index (χ1n) is 14.4. The Balaban J connectivity index is 2.49. The van der Waals surface area contributed by atoms with E-state index in [0.29, 0.717) is 30.7 Å². The van der Waals surface area contributed by atoms with Gasteiger partial charge in [-0.2, -0.15) is 0 Å². The van der Waals surface area contributed by atoms with Gasteiger partial charge < -0.3 is 30.8 Å². The molecule has 244 valence electrons. The summed E-state index contributed by atoms with van der Waals surface area (Å²) < 4.78 is 0. The molecule has 1 aromatic carbocycles. The average Bonchev–Trinajstić information content (AvgIpc) is 2.91. The largest absolute Gasteiger partial charge is 0.480 e. The van der Waals surface area contributed by atoms with Crippen LogP contribution in [0.2, 0.25) is 0 Å². The van der Waals surface area contributed by atoms with Gasteiger partial charge in [-0.25, -0.2) is 0 Å². The Labute approximate surface area is 261 Å². The van der Waals surface area contributed by atoms with Crippen LogP contribution in [-0.2, 0) is 30.4 Å². The number of aliphatic carboxylic acids is 5. The molecule has 6 N–H and O–H groups in total. The van der Waals surface area contributed by atoms with Crippen molar-refractivity contribution >= 4 is 52.7 Å². The summed E-state index contributed by atoms with van der Waals surface area (Å²) >= 11 is 5.34. The first kappa shape index (κ1) is 36.5. The van der Waals surface area contributed by atoms with E-state index in [2.05, 4.69) is 5.32 Å². The maximum absolute atomic E-state index is 12.1. The molecular formula is C29H42N4O10S. The van der Waals surface area contributed by atoms with Crippen molar-refractivity contribution in [3.05, 3.63) is 29.8 Å². The van der Waals surface area contributed by atoms with Crippen molar-refractivity contribution in [1.29, 1.82) is 0 Å². The van der Waals surface area contributed by atoms with E-state index in [0.717, 1.165) is 11.3 Å². The first-order valence-corrected chi connectivity index (χ1v) is 14.8. The molecule has 0 aliphatic heterocycles. The fraction of sp³-hybridized carbons (Fsp3) is 0.586. The quantitative estimate of drug-likeness (QED) is 0.119. The van der Waals surface area contributed by atoms with E-state index in [1.54, 1.807) is 29.2 Å². The monoisotopic (exact) mass is 638 g/mol. The third kappa shape index (κ3) is 12.5. The molecule has 1 unspecified atom stereocenters. The third-order valence-electron chi connectivity index (χ3n) is 7.50. The molecule has 1 aromatic rings. The highest BCUT2D eigenvalue weighted by Gasteiger charge is 2.38. The van der Waals surface area contributed by atoms with Gasteiger partial charge in [-0.1, -0.05) is 51.0 Å². The Morgan fingerprint density at radius 3 is 1.61 bits per heavy atom. The normalized spacial score (nSPS) is 17.5. The number of thiocarbonyl (C=S) groups is 1. The van der Waals surface area contributed by atoms with Gasteiger partial charge in [0.25, 0.3) is 0 Å². The Morgan fingerprint density at radius 2 is 1.18 bits per heavy atom. The van der Waals surface area contributed by atoms with Gasteiger partial charge in [0.1, 0.15) is 0 Å². The number of rotatable bonds is 19. The number of hydrogen-bond donors (Lipinski definition) is 6. The molecule has 1 fully saturated rings. The number of hydrogen-bond acceptors (Lipinski definition) is 9. The summed E-state index contributed by atoms with van der Waals surface area (Å²) in [6.07, 6.45) is 2.45. The maximum Gasteiger partial charge on any atom is 0.317 e. The molecule has 0 heterocycles. The van der Waals surface area contributed by atoms with Crippen molar-refractivity contribution in [3.63, 3.8) is 0 Å². The van der Waals surface area contributed by atoms with Crippen molar-refractivity contribution < 1.29 is 49.5 Å². The number of carbonyl (C=O) groups is 5. The number of carboxylic acid groups (broad SMARTS) is 5. The second-order valence-corrected chi connectivity index (χ2v) is 11.8. The minimum absolute atomic E-state index is 0.0561. The van der Waals surface area contributed by atoms with Gasteiger partial charge in [-0.15, -0.1) is 0 Å². The minimum atomic E-state index is -1.26. The highest BCUT2D eigenvalue weighted by molar-refractivity contribution is 7.80. The number of carboxylic acids is 5. The zero-order valence-electron chi connectivity index (χ0n) is 24.9. The van der Waals surface area contributed by atoms with Crippen LogP contribution in [-0.4, -0.2) is 132 Å². The van der Waals surface area contributed by atoms with Gasteiger partial charge in [-0.3, -0.25) is 38.7 Å². The topological polar surface area (TPSA) is 208 Å². The van der Waals surface area contributed by atoms with Crippen LogP contribution in [0, 0.1) is 5.92 Å². The molecule has 0 spiro atoms. The van der Waals surface area contributed by atoms with Gasteiger partial charge in [0.2, 0.25) is 0 Å². The molecule has 0 amide bonds. The van der Waals surface area contributed by atoms with E-state index in [4.69, 9.17) is 12.2 Å². The van der Waals surface area contributed by atoms with Crippen molar-refractivity contribution in [3.8, 4) is 0 Å². The van der Waals surface area contributed by atoms with Gasteiger partial charge >= 0.3 is 29.8 Å². The van der Waals surface area contributed by atoms with Crippen LogP contribution in [0.3, 0.4) is 0 Å². The summed E-state index contributed by atoms with van der Waals surface area (Å²) in [4.78, 5) is 63.7. The van der Waals surface area contributed by atoms with E-state index in [1.807, 2.05) is 13.8 Å². The summed E-state index contributed by atoms with van der Waals surface area (Å²) in [5.41, 5.74) is 1.48. The molecule has 1 saturated carbocycles. The van der Waals surface area contributed by atoms with Crippen LogP contribution >= 0.6 is 12.2 Å². The standard InChI is InChI=1S/C29H42N4O10S/c1-18(2)29(44)30-20-9-7-19(8-10-20)11-21(31(13-24(34)35)14-25(36)37)12-32(15-26(38)39)22-5-3-4-6-23(22)33(16-27(40)41)17-28(42)43/h7-10,18,21-23H,3-6,11-17H2,1-2H3,(H,30,44)(H,34,35)(H,36,37)(H,38,39)(H,40,41)(H,42,43)/t21-,22?,23+/m1/s1. The van der Waals surface area contributed by atoms with Gasteiger partial charge in [-0.05, 0) is 37.0 Å². The van der Waals surface area contributed by atoms with Crippen LogP contribution in [0.25, 0.3) is 0 Å². The van der Waals surface area contributed by atoms with Crippen LogP contribution < -0.4 is 5.32 Å². The Morgan fingerprint density at radius 1 is 0.750 bits per heavy atom. The summed E-state index contributed by atoms with van der Waals surface area (Å²) in [5, 5.41) is 51.1. The summed E-state index contributed by atoms with van der Waals surface area (Å²) in [6.45, 7) is 1.03. The lowest BCUT2D eigenvalue weighted by Gasteiger charge is -2.45. The van der Waals surface area contributed by atoms with Crippen LogP contribution in [0.1, 0.15) is 45.1 Å². The molecular weight excluding hydrogens is 596 g/mol. The van der Waals surface area contributed by atoms with E-state index < -0.39 is 80.7 Å². The van der Waals surface area contributed by atoms with Crippen LogP contribution in [0.5, 0.6) is 0 Å². The Hall–Kier alpha value is -3.66. The van der Waals surface area contributed by atoms with Gasteiger partial charge in [0.15, 0.2) is 0 Å². The minimum Gasteiger partial charge on any atom is -0.480 e. The fourth-order valence-electron chi connectivity index (χ4n) is 5.60. The molecule has 2 rings (SSSR count). The van der Waals surface area contributed by atoms with E-state index in [1.165, 1.54) is 9.80 Å². The molecule has 0 aromatic heterocycles. The first-order chi connectivity index (χ1) is 20.7. The van der Waals surface area contributed by atoms with Crippen molar-refractivity contribution in [2.45, 2.75) is 64.1 Å². The zero-order valence-corrected chi connectivity index (χ0v) is 25.7. The van der Waals surface area contributed by atoms with Gasteiger partial charge in [0, 0.05) is 36.3 Å². The molecule has 15 heteroatoms.